The van der Waals surface area contributed by atoms with Gasteiger partial charge in [-0.2, -0.15) is 0 Å². The number of para-hydroxylation sites is 2. The average molecular weight is 641 g/mol. The van der Waals surface area contributed by atoms with Crippen molar-refractivity contribution < 1.29 is 0 Å². The quantitative estimate of drug-likeness (QED) is 0.188. The predicted octanol–water partition coefficient (Wildman–Crippen LogP) is 10.5. The number of nitrogens with zero attached hydrogens (tertiary/aromatic N) is 6. The van der Waals surface area contributed by atoms with Gasteiger partial charge in [0.25, 0.3) is 0 Å². The lowest BCUT2D eigenvalue weighted by molar-refractivity contribution is 1.07. The zero-order valence-corrected chi connectivity index (χ0v) is 26.8. The fourth-order valence-electron chi connectivity index (χ4n) is 7.22. The number of hydrogen-bond donors (Lipinski definition) is 0. The molecule has 0 fully saturated rings. The van der Waals surface area contributed by atoms with Crippen LogP contribution in [0.15, 0.2) is 170 Å². The second-order valence-corrected chi connectivity index (χ2v) is 12.4. The number of hydrogen-bond acceptors (Lipinski definition) is 4. The molecule has 0 unspecified atom stereocenters. The number of rotatable bonds is 5. The van der Waals surface area contributed by atoms with Crippen molar-refractivity contribution in [1.29, 1.82) is 0 Å². The molecule has 6 heterocycles. The molecule has 0 aliphatic carbocycles. The smallest absolute Gasteiger partial charge is 0.139 e. The summed E-state index contributed by atoms with van der Waals surface area (Å²) in [5, 5.41) is 3.53. The van der Waals surface area contributed by atoms with E-state index >= 15 is 0 Å². The Morgan fingerprint density at radius 2 is 1.04 bits per heavy atom. The normalized spacial score (nSPS) is 11.6. The molecular formula is C44H28N6. The van der Waals surface area contributed by atoms with E-state index in [-0.39, 0.29) is 0 Å². The highest BCUT2D eigenvalue weighted by molar-refractivity contribution is 6.11. The van der Waals surface area contributed by atoms with Gasteiger partial charge < -0.3 is 4.57 Å². The Kier molecular flexibility index (Phi) is 6.39. The molecule has 4 aromatic carbocycles. The van der Waals surface area contributed by atoms with Gasteiger partial charge in [0, 0.05) is 46.0 Å². The molecule has 6 heteroatoms. The van der Waals surface area contributed by atoms with Crippen molar-refractivity contribution in [3.05, 3.63) is 170 Å². The first-order chi connectivity index (χ1) is 24.8. The Morgan fingerprint density at radius 3 is 1.88 bits per heavy atom. The maximum atomic E-state index is 5.19. The van der Waals surface area contributed by atoms with Crippen LogP contribution in [0.4, 0.5) is 0 Å². The van der Waals surface area contributed by atoms with E-state index in [1.807, 2.05) is 54.9 Å². The summed E-state index contributed by atoms with van der Waals surface area (Å²) in [4.78, 5) is 19.4. The number of pyridine rings is 4. The molecule has 0 atom stereocenters. The van der Waals surface area contributed by atoms with Gasteiger partial charge in [-0.25, -0.2) is 4.98 Å². The molecule has 0 radical (unpaired) electrons. The van der Waals surface area contributed by atoms with E-state index in [9.17, 15) is 0 Å². The Hall–Kier alpha value is -6.92. The molecule has 0 aliphatic rings. The molecular weight excluding hydrogens is 613 g/mol. The van der Waals surface area contributed by atoms with Crippen LogP contribution in [-0.4, -0.2) is 29.1 Å². The van der Waals surface area contributed by atoms with Crippen LogP contribution in [0.5, 0.6) is 0 Å². The topological polar surface area (TPSA) is 61.4 Å². The average Bonchev–Trinajstić information content (AvgIpc) is 3.71. The van der Waals surface area contributed by atoms with Crippen LogP contribution in [0.3, 0.4) is 0 Å². The minimum absolute atomic E-state index is 0.779. The second kappa shape index (κ2) is 11.4. The van der Waals surface area contributed by atoms with Crippen molar-refractivity contribution >= 4 is 43.7 Å². The van der Waals surface area contributed by atoms with Crippen molar-refractivity contribution in [3.8, 4) is 45.3 Å². The zero-order chi connectivity index (χ0) is 33.0. The molecule has 234 valence electrons. The molecule has 0 saturated carbocycles. The van der Waals surface area contributed by atoms with Gasteiger partial charge in [-0.05, 0) is 96.1 Å². The van der Waals surface area contributed by atoms with Gasteiger partial charge in [-0.1, -0.05) is 66.7 Å². The molecule has 0 N–H and O–H groups in total. The number of aromatic nitrogens is 6. The highest BCUT2D eigenvalue weighted by atomic mass is 15.1. The Morgan fingerprint density at radius 1 is 0.360 bits per heavy atom. The van der Waals surface area contributed by atoms with Gasteiger partial charge in [-0.3, -0.25) is 19.5 Å². The number of fused-ring (bicyclic) bond motifs is 6. The van der Waals surface area contributed by atoms with Gasteiger partial charge in [-0.15, -0.1) is 0 Å². The summed E-state index contributed by atoms with van der Waals surface area (Å²) in [6, 6.07) is 52.8. The van der Waals surface area contributed by atoms with Crippen LogP contribution in [0.1, 0.15) is 0 Å². The second-order valence-electron chi connectivity index (χ2n) is 12.4. The molecule has 10 aromatic rings. The van der Waals surface area contributed by atoms with Crippen molar-refractivity contribution in [2.75, 3.05) is 0 Å². The molecule has 0 bridgehead atoms. The maximum Gasteiger partial charge on any atom is 0.139 e. The maximum absolute atomic E-state index is 5.19. The summed E-state index contributed by atoms with van der Waals surface area (Å²) < 4.78 is 4.57. The third-order valence-corrected chi connectivity index (χ3v) is 9.47. The van der Waals surface area contributed by atoms with Gasteiger partial charge >= 0.3 is 0 Å². The first-order valence-corrected chi connectivity index (χ1v) is 16.6. The monoisotopic (exact) mass is 640 g/mol. The Bertz CT molecular complexity index is 2800. The van der Waals surface area contributed by atoms with Crippen molar-refractivity contribution in [2.24, 2.45) is 0 Å². The van der Waals surface area contributed by atoms with E-state index in [0.717, 1.165) is 67.2 Å². The van der Waals surface area contributed by atoms with Crippen LogP contribution >= 0.6 is 0 Å². The molecule has 0 amide bonds. The van der Waals surface area contributed by atoms with E-state index in [4.69, 9.17) is 9.97 Å². The Balaban J connectivity index is 1.18. The fourth-order valence-corrected chi connectivity index (χ4v) is 7.22. The van der Waals surface area contributed by atoms with Crippen LogP contribution in [0.25, 0.3) is 89.0 Å². The lowest BCUT2D eigenvalue weighted by Crippen LogP contribution is -2.01. The third kappa shape index (κ3) is 4.50. The minimum Gasteiger partial charge on any atom is -0.309 e. The Labute approximate surface area is 287 Å². The molecule has 0 spiro atoms. The summed E-state index contributed by atoms with van der Waals surface area (Å²) in [6.07, 6.45) is 5.48. The molecule has 50 heavy (non-hydrogen) atoms. The molecule has 0 aliphatic heterocycles. The molecule has 10 rings (SSSR count). The zero-order valence-electron chi connectivity index (χ0n) is 26.8. The lowest BCUT2D eigenvalue weighted by Gasteiger charge is -2.12. The van der Waals surface area contributed by atoms with Gasteiger partial charge in [0.05, 0.1) is 44.7 Å². The predicted molar refractivity (Wildman–Crippen MR) is 203 cm³/mol. The summed E-state index contributed by atoms with van der Waals surface area (Å²) >= 11 is 0. The summed E-state index contributed by atoms with van der Waals surface area (Å²) in [6.45, 7) is 0. The lowest BCUT2D eigenvalue weighted by atomic mass is 10.0. The van der Waals surface area contributed by atoms with Crippen molar-refractivity contribution in [1.82, 2.24) is 29.1 Å². The summed E-state index contributed by atoms with van der Waals surface area (Å²) in [5.41, 5.74) is 12.1. The van der Waals surface area contributed by atoms with E-state index in [1.165, 1.54) is 21.8 Å². The first kappa shape index (κ1) is 28.1. The minimum atomic E-state index is 0.779. The molecule has 6 nitrogen and oxygen atoms in total. The summed E-state index contributed by atoms with van der Waals surface area (Å²) in [7, 11) is 0. The van der Waals surface area contributed by atoms with Crippen LogP contribution in [-0.2, 0) is 0 Å². The van der Waals surface area contributed by atoms with Crippen LogP contribution < -0.4 is 0 Å². The van der Waals surface area contributed by atoms with Crippen molar-refractivity contribution in [3.63, 3.8) is 0 Å². The molecule has 6 aromatic heterocycles. The van der Waals surface area contributed by atoms with Gasteiger partial charge in [0.2, 0.25) is 0 Å². The van der Waals surface area contributed by atoms with E-state index in [0.29, 0.717) is 0 Å². The largest absolute Gasteiger partial charge is 0.309 e. The van der Waals surface area contributed by atoms with Crippen molar-refractivity contribution in [2.45, 2.75) is 0 Å². The highest BCUT2D eigenvalue weighted by Crippen LogP contribution is 2.38. The number of benzene rings is 4. The third-order valence-electron chi connectivity index (χ3n) is 9.47. The van der Waals surface area contributed by atoms with Crippen LogP contribution in [0.2, 0.25) is 0 Å². The molecule has 0 saturated heterocycles. The van der Waals surface area contributed by atoms with E-state index < -0.39 is 0 Å². The highest BCUT2D eigenvalue weighted by Gasteiger charge is 2.19. The van der Waals surface area contributed by atoms with Gasteiger partial charge in [0.15, 0.2) is 0 Å². The van der Waals surface area contributed by atoms with E-state index in [2.05, 4.69) is 128 Å². The van der Waals surface area contributed by atoms with E-state index in [1.54, 1.807) is 6.20 Å². The van der Waals surface area contributed by atoms with Gasteiger partial charge in [0.1, 0.15) is 5.82 Å². The first-order valence-electron chi connectivity index (χ1n) is 16.6. The summed E-state index contributed by atoms with van der Waals surface area (Å²) in [5.74, 6) is 0.781. The SMILES string of the molecule is c1ccc(-n2c3ccccc3c3ccc(-c4ccc5c(c4)c4ncccc4n5-c4cc(-c5ccccn5)cc(-c5ccccn5)n4)cc32)cc1. The fraction of sp³-hybridized carbons (Fsp3) is 0. The standard InChI is InChI=1S/C44H28N6/c1-2-11-32(12-3-1)49-39-16-5-4-13-33(39)34-20-18-30(27-42(34)49)29-19-21-40-35(25-29)44-41(17-10-24-47-44)50(40)43-28-31(36-14-6-8-22-45-36)26-38(48-43)37-15-7-9-23-46-37/h1-28H. The van der Waals surface area contributed by atoms with Crippen LogP contribution in [0, 0.1) is 0 Å².